The molecule has 2 aliphatic rings. The largest absolute Gasteiger partial charge is 0.339 e. The van der Waals surface area contributed by atoms with Crippen molar-refractivity contribution in [1.82, 2.24) is 4.90 Å². The Bertz CT molecular complexity index is 547. The lowest BCUT2D eigenvalue weighted by atomic mass is 9.94. The average Bonchev–Trinajstić information content (AvgIpc) is 2.92. The Morgan fingerprint density at radius 1 is 1.14 bits per heavy atom. The molecular weight excluding hydrogens is 276 g/mol. The standard InChI is InChI=1S/C18H24N2O2/c1-13-7-9-15(10-8-13)19-18(22)14-11-17(21)20(12-14)16-5-3-2-4-6-16/h7-10,14,16H,2-6,11-12H2,1H3,(H,19,22)/t14-/m1/s1. The smallest absolute Gasteiger partial charge is 0.229 e. The molecule has 1 heterocycles. The van der Waals surface area contributed by atoms with Crippen molar-refractivity contribution >= 4 is 17.5 Å². The van der Waals surface area contributed by atoms with E-state index >= 15 is 0 Å². The predicted molar refractivity (Wildman–Crippen MR) is 86.5 cm³/mol. The van der Waals surface area contributed by atoms with Crippen LogP contribution in [0.25, 0.3) is 0 Å². The number of amides is 2. The maximum Gasteiger partial charge on any atom is 0.229 e. The summed E-state index contributed by atoms with van der Waals surface area (Å²) in [7, 11) is 0. The number of hydrogen-bond donors (Lipinski definition) is 1. The molecule has 4 heteroatoms. The lowest BCUT2D eigenvalue weighted by Crippen LogP contribution is -2.38. The molecule has 1 aliphatic carbocycles. The molecule has 1 aromatic rings. The SMILES string of the molecule is Cc1ccc(NC(=O)[C@@H]2CC(=O)N(C3CCCCC3)C2)cc1. The summed E-state index contributed by atoms with van der Waals surface area (Å²) < 4.78 is 0. The van der Waals surface area contributed by atoms with Crippen molar-refractivity contribution in [2.45, 2.75) is 51.5 Å². The van der Waals surface area contributed by atoms with Gasteiger partial charge in [0.25, 0.3) is 0 Å². The van der Waals surface area contributed by atoms with Crippen molar-refractivity contribution in [2.24, 2.45) is 5.92 Å². The van der Waals surface area contributed by atoms with E-state index in [0.717, 1.165) is 24.1 Å². The molecule has 118 valence electrons. The molecule has 1 aromatic carbocycles. The first-order chi connectivity index (χ1) is 10.6. The van der Waals surface area contributed by atoms with Crippen LogP contribution in [-0.2, 0) is 9.59 Å². The van der Waals surface area contributed by atoms with Gasteiger partial charge in [0.05, 0.1) is 5.92 Å². The molecule has 1 saturated heterocycles. The molecule has 22 heavy (non-hydrogen) atoms. The van der Waals surface area contributed by atoms with Gasteiger partial charge in [-0.3, -0.25) is 9.59 Å². The summed E-state index contributed by atoms with van der Waals surface area (Å²) >= 11 is 0. The first kappa shape index (κ1) is 15.1. The summed E-state index contributed by atoms with van der Waals surface area (Å²) in [5, 5.41) is 2.94. The van der Waals surface area contributed by atoms with Crippen LogP contribution in [0.3, 0.4) is 0 Å². The zero-order valence-corrected chi connectivity index (χ0v) is 13.2. The fraction of sp³-hybridized carbons (Fsp3) is 0.556. The van der Waals surface area contributed by atoms with Gasteiger partial charge in [0.15, 0.2) is 0 Å². The molecule has 1 aliphatic heterocycles. The van der Waals surface area contributed by atoms with E-state index in [0.29, 0.717) is 19.0 Å². The molecular formula is C18H24N2O2. The van der Waals surface area contributed by atoms with Gasteiger partial charge in [-0.25, -0.2) is 0 Å². The summed E-state index contributed by atoms with van der Waals surface area (Å²) in [6, 6.07) is 8.12. The van der Waals surface area contributed by atoms with Crippen LogP contribution in [0, 0.1) is 12.8 Å². The minimum Gasteiger partial charge on any atom is -0.339 e. The van der Waals surface area contributed by atoms with E-state index in [9.17, 15) is 9.59 Å². The molecule has 0 unspecified atom stereocenters. The molecule has 1 atom stereocenters. The van der Waals surface area contributed by atoms with Gasteiger partial charge in [0.1, 0.15) is 0 Å². The summed E-state index contributed by atoms with van der Waals surface area (Å²) in [6.07, 6.45) is 6.23. The van der Waals surface area contributed by atoms with Gasteiger partial charge in [0.2, 0.25) is 11.8 Å². The summed E-state index contributed by atoms with van der Waals surface area (Å²) in [4.78, 5) is 26.6. The molecule has 0 bridgehead atoms. The Balaban J connectivity index is 1.59. The van der Waals surface area contributed by atoms with Gasteiger partial charge in [-0.05, 0) is 31.9 Å². The number of hydrogen-bond acceptors (Lipinski definition) is 2. The molecule has 4 nitrogen and oxygen atoms in total. The van der Waals surface area contributed by atoms with E-state index in [4.69, 9.17) is 0 Å². The first-order valence-electron chi connectivity index (χ1n) is 8.30. The van der Waals surface area contributed by atoms with Crippen molar-refractivity contribution in [3.63, 3.8) is 0 Å². The molecule has 1 saturated carbocycles. The molecule has 1 N–H and O–H groups in total. The second-order valence-electron chi connectivity index (χ2n) is 6.59. The number of carbonyl (C=O) groups excluding carboxylic acids is 2. The van der Waals surface area contributed by atoms with Crippen LogP contribution in [0.15, 0.2) is 24.3 Å². The van der Waals surface area contributed by atoms with Gasteiger partial charge >= 0.3 is 0 Å². The lowest BCUT2D eigenvalue weighted by Gasteiger charge is -2.31. The number of carbonyl (C=O) groups is 2. The van der Waals surface area contributed by atoms with E-state index in [1.54, 1.807) is 0 Å². The monoisotopic (exact) mass is 300 g/mol. The molecule has 2 fully saturated rings. The van der Waals surface area contributed by atoms with Gasteiger partial charge in [-0.2, -0.15) is 0 Å². The molecule has 2 amide bonds. The van der Waals surface area contributed by atoms with Crippen LogP contribution in [0.2, 0.25) is 0 Å². The van der Waals surface area contributed by atoms with E-state index in [1.807, 2.05) is 36.1 Å². The topological polar surface area (TPSA) is 49.4 Å². The maximum absolute atomic E-state index is 12.4. The molecule has 0 aromatic heterocycles. The zero-order chi connectivity index (χ0) is 15.5. The summed E-state index contributed by atoms with van der Waals surface area (Å²) in [5.41, 5.74) is 1.97. The van der Waals surface area contributed by atoms with E-state index in [1.165, 1.54) is 19.3 Å². The van der Waals surface area contributed by atoms with Gasteiger partial charge in [-0.15, -0.1) is 0 Å². The number of nitrogens with zero attached hydrogens (tertiary/aromatic N) is 1. The highest BCUT2D eigenvalue weighted by molar-refractivity contribution is 5.97. The molecule has 3 rings (SSSR count). The number of anilines is 1. The van der Waals surface area contributed by atoms with Gasteiger partial charge in [-0.1, -0.05) is 37.0 Å². The lowest BCUT2D eigenvalue weighted by molar-refractivity contribution is -0.130. The van der Waals surface area contributed by atoms with Crippen LogP contribution in [0.4, 0.5) is 5.69 Å². The van der Waals surface area contributed by atoms with Crippen molar-refractivity contribution < 1.29 is 9.59 Å². The first-order valence-corrected chi connectivity index (χ1v) is 8.30. The Hall–Kier alpha value is -1.84. The Morgan fingerprint density at radius 3 is 2.50 bits per heavy atom. The van der Waals surface area contributed by atoms with Crippen LogP contribution in [0.5, 0.6) is 0 Å². The predicted octanol–water partition coefficient (Wildman–Crippen LogP) is 3.11. The third-order valence-electron chi connectivity index (χ3n) is 4.86. The third kappa shape index (κ3) is 3.32. The third-order valence-corrected chi connectivity index (χ3v) is 4.86. The maximum atomic E-state index is 12.4. The minimum absolute atomic E-state index is 0.0319. The normalized spacial score (nSPS) is 22.9. The Labute approximate surface area is 131 Å². The average molecular weight is 300 g/mol. The second kappa shape index (κ2) is 6.51. The van der Waals surface area contributed by atoms with Crippen molar-refractivity contribution in [2.75, 3.05) is 11.9 Å². The number of rotatable bonds is 3. The van der Waals surface area contributed by atoms with Gasteiger partial charge in [0, 0.05) is 24.7 Å². The molecule has 0 spiro atoms. The van der Waals surface area contributed by atoms with Crippen molar-refractivity contribution in [1.29, 1.82) is 0 Å². The van der Waals surface area contributed by atoms with Crippen molar-refractivity contribution in [3.05, 3.63) is 29.8 Å². The van der Waals surface area contributed by atoms with Crippen molar-refractivity contribution in [3.8, 4) is 0 Å². The molecule has 0 radical (unpaired) electrons. The number of nitrogens with one attached hydrogen (secondary N) is 1. The van der Waals surface area contributed by atoms with E-state index in [-0.39, 0.29) is 17.7 Å². The van der Waals surface area contributed by atoms with Crippen LogP contribution in [0.1, 0.15) is 44.1 Å². The number of benzene rings is 1. The van der Waals surface area contributed by atoms with E-state index < -0.39 is 0 Å². The van der Waals surface area contributed by atoms with Crippen LogP contribution >= 0.6 is 0 Å². The summed E-state index contributed by atoms with van der Waals surface area (Å²) in [6.45, 7) is 2.60. The number of aryl methyl sites for hydroxylation is 1. The van der Waals surface area contributed by atoms with Gasteiger partial charge < -0.3 is 10.2 Å². The highest BCUT2D eigenvalue weighted by Crippen LogP contribution is 2.29. The minimum atomic E-state index is -0.212. The zero-order valence-electron chi connectivity index (χ0n) is 13.2. The van der Waals surface area contributed by atoms with Crippen LogP contribution in [-0.4, -0.2) is 29.3 Å². The fourth-order valence-electron chi connectivity index (χ4n) is 3.53. The highest BCUT2D eigenvalue weighted by Gasteiger charge is 2.38. The Kier molecular flexibility index (Phi) is 4.46. The van der Waals surface area contributed by atoms with E-state index in [2.05, 4.69) is 5.32 Å². The quantitative estimate of drug-likeness (QED) is 0.932. The van der Waals surface area contributed by atoms with Crippen LogP contribution < -0.4 is 5.32 Å². The second-order valence-corrected chi connectivity index (χ2v) is 6.59. The fourth-order valence-corrected chi connectivity index (χ4v) is 3.53. The number of likely N-dealkylation sites (tertiary alicyclic amines) is 1. The Morgan fingerprint density at radius 2 is 1.82 bits per heavy atom. The summed E-state index contributed by atoms with van der Waals surface area (Å²) in [5.74, 6) is -0.0952. The highest BCUT2D eigenvalue weighted by atomic mass is 16.2.